The molecule has 0 saturated heterocycles. The van der Waals surface area contributed by atoms with E-state index in [1.54, 1.807) is 49.7 Å². The highest BCUT2D eigenvalue weighted by atomic mass is 15.1. The Morgan fingerprint density at radius 2 is 1.60 bits per heavy atom. The quantitative estimate of drug-likeness (QED) is 0.582. The van der Waals surface area contributed by atoms with Gasteiger partial charge in [-0.25, -0.2) is 4.98 Å². The van der Waals surface area contributed by atoms with Crippen molar-refractivity contribution in [2.75, 3.05) is 6.54 Å². The summed E-state index contributed by atoms with van der Waals surface area (Å²) in [4.78, 5) is 10.3. The molecule has 4 heterocycles. The molecular weight excluding hydrogens is 254 g/mol. The zero-order valence-electron chi connectivity index (χ0n) is 10.9. The van der Waals surface area contributed by atoms with Crippen LogP contribution < -0.4 is 0 Å². The number of nitrogens with zero attached hydrogens (tertiary/aromatic N) is 4. The van der Waals surface area contributed by atoms with Gasteiger partial charge in [0.05, 0.1) is 12.9 Å². The molecule has 4 rings (SSSR count). The van der Waals surface area contributed by atoms with E-state index in [-0.39, 0.29) is 0 Å². The molecule has 0 amide bonds. The highest BCUT2D eigenvalue weighted by molar-refractivity contribution is 5.73. The van der Waals surface area contributed by atoms with Gasteiger partial charge in [-0.1, -0.05) is 6.08 Å². The van der Waals surface area contributed by atoms with Crippen LogP contribution in [-0.4, -0.2) is 43.1 Å². The first-order valence-electron chi connectivity index (χ1n) is 5.95. The van der Waals surface area contributed by atoms with Crippen molar-refractivity contribution in [3.05, 3.63) is 67.8 Å². The molecule has 0 saturated carbocycles. The fourth-order valence-electron chi connectivity index (χ4n) is 0.950. The number of hydrogen-bond acceptors (Lipinski definition) is 4. The third-order valence-electron chi connectivity index (χ3n) is 1.76. The third-order valence-corrected chi connectivity index (χ3v) is 1.76. The lowest BCUT2D eigenvalue weighted by atomic mass is 10.6. The van der Waals surface area contributed by atoms with Crippen molar-refractivity contribution in [2.24, 2.45) is 4.99 Å². The van der Waals surface area contributed by atoms with E-state index in [1.165, 1.54) is 0 Å². The van der Waals surface area contributed by atoms with Crippen molar-refractivity contribution in [3.63, 3.8) is 0 Å². The summed E-state index contributed by atoms with van der Waals surface area (Å²) in [6, 6.07) is 3.67. The molecule has 7 heteroatoms. The number of hydrogen-bond donors (Lipinski definition) is 3. The number of imidazole rings is 1. The first kappa shape index (κ1) is 15.1. The van der Waals surface area contributed by atoms with Crippen LogP contribution >= 0.6 is 0 Å². The molecule has 0 unspecified atom stereocenters. The van der Waals surface area contributed by atoms with Gasteiger partial charge in [-0.2, -0.15) is 10.2 Å². The van der Waals surface area contributed by atoms with Crippen LogP contribution in [0.1, 0.15) is 0 Å². The second-order valence-electron chi connectivity index (χ2n) is 3.24. The third kappa shape index (κ3) is 10.2. The topological polar surface area (TPSA) is 98.4 Å². The standard InChI is InChI=1S/C4H5N.3C3H4N2/c1-2-4-5-3-1;1-2-5-3-4-1;2*1-2-4-5-3-1/h1-3H,4H2;3*1-3H,(H,4,5). The fraction of sp³-hybridized carbons (Fsp3) is 0.0769. The fourth-order valence-corrected chi connectivity index (χ4v) is 0.950. The smallest absolute Gasteiger partial charge is 0.0919 e. The van der Waals surface area contributed by atoms with Crippen molar-refractivity contribution in [1.82, 2.24) is 30.4 Å². The molecule has 0 fully saturated rings. The number of aromatic nitrogens is 6. The van der Waals surface area contributed by atoms with Crippen molar-refractivity contribution in [2.45, 2.75) is 0 Å². The second kappa shape index (κ2) is 12.5. The normalized spacial score (nSPS) is 10.4. The molecule has 0 aromatic carbocycles. The molecule has 3 aromatic rings. The maximum atomic E-state index is 3.85. The van der Waals surface area contributed by atoms with Crippen LogP contribution in [0.25, 0.3) is 0 Å². The lowest BCUT2D eigenvalue weighted by Crippen LogP contribution is -1.54. The summed E-state index contributed by atoms with van der Waals surface area (Å²) in [6.45, 7) is 0.889. The van der Waals surface area contributed by atoms with Gasteiger partial charge in [0.15, 0.2) is 0 Å². The summed E-state index contributed by atoms with van der Waals surface area (Å²) >= 11 is 0. The summed E-state index contributed by atoms with van der Waals surface area (Å²) in [7, 11) is 0. The van der Waals surface area contributed by atoms with Crippen LogP contribution in [0.3, 0.4) is 0 Å². The van der Waals surface area contributed by atoms with Gasteiger partial charge >= 0.3 is 0 Å². The summed E-state index contributed by atoms with van der Waals surface area (Å²) in [6.07, 6.45) is 17.8. The van der Waals surface area contributed by atoms with Crippen molar-refractivity contribution in [1.29, 1.82) is 0 Å². The first-order chi connectivity index (χ1) is 10.0. The number of allylic oxidation sites excluding steroid dienone is 1. The molecule has 0 radical (unpaired) electrons. The molecule has 7 nitrogen and oxygen atoms in total. The van der Waals surface area contributed by atoms with Crippen LogP contribution in [0.5, 0.6) is 0 Å². The first-order valence-corrected chi connectivity index (χ1v) is 5.95. The van der Waals surface area contributed by atoms with Crippen LogP contribution in [-0.2, 0) is 0 Å². The van der Waals surface area contributed by atoms with Gasteiger partial charge in [0.1, 0.15) is 0 Å². The van der Waals surface area contributed by atoms with Crippen molar-refractivity contribution >= 4 is 6.21 Å². The summed E-state index contributed by atoms with van der Waals surface area (Å²) in [5, 5.41) is 12.4. The Morgan fingerprint density at radius 3 is 1.75 bits per heavy atom. The highest BCUT2D eigenvalue weighted by Gasteiger charge is 1.72. The van der Waals surface area contributed by atoms with Gasteiger partial charge < -0.3 is 4.98 Å². The highest BCUT2D eigenvalue weighted by Crippen LogP contribution is 1.78. The minimum atomic E-state index is 0.889. The number of aliphatic imine (C=N–C) groups is 1. The predicted molar refractivity (Wildman–Crippen MR) is 78.3 cm³/mol. The van der Waals surface area contributed by atoms with Gasteiger partial charge in [-0.15, -0.1) is 0 Å². The Morgan fingerprint density at radius 1 is 0.850 bits per heavy atom. The van der Waals surface area contributed by atoms with Crippen molar-refractivity contribution < 1.29 is 0 Å². The molecule has 104 valence electrons. The Kier molecular flexibility index (Phi) is 9.43. The molecule has 1 aliphatic rings. The number of nitrogens with one attached hydrogen (secondary N) is 3. The number of H-pyrrole nitrogens is 3. The minimum absolute atomic E-state index is 0.889. The number of rotatable bonds is 0. The molecule has 0 bridgehead atoms. The largest absolute Gasteiger partial charge is 0.351 e. The lowest BCUT2D eigenvalue weighted by Gasteiger charge is -1.60. The Hall–Kier alpha value is -2.96. The van der Waals surface area contributed by atoms with Gasteiger partial charge in [-0.05, 0) is 18.2 Å². The van der Waals surface area contributed by atoms with Gasteiger partial charge in [0.2, 0.25) is 0 Å². The SMILES string of the molecule is C1=CCN=C1.c1c[nH]cn1.c1cn[nH]c1.c1cn[nH]c1. The van der Waals surface area contributed by atoms with Crippen LogP contribution in [0.15, 0.2) is 72.8 Å². The Balaban J connectivity index is 0.000000133. The lowest BCUT2D eigenvalue weighted by molar-refractivity contribution is 1.09. The van der Waals surface area contributed by atoms with Crippen LogP contribution in [0.2, 0.25) is 0 Å². The van der Waals surface area contributed by atoms with Gasteiger partial charge in [-0.3, -0.25) is 15.2 Å². The maximum absolute atomic E-state index is 3.85. The van der Waals surface area contributed by atoms with E-state index in [9.17, 15) is 0 Å². The van der Waals surface area contributed by atoms with Crippen LogP contribution in [0.4, 0.5) is 0 Å². The maximum Gasteiger partial charge on any atom is 0.0919 e. The summed E-state index contributed by atoms with van der Waals surface area (Å²) < 4.78 is 0. The molecule has 20 heavy (non-hydrogen) atoms. The van der Waals surface area contributed by atoms with E-state index < -0.39 is 0 Å². The Bertz CT molecular complexity index is 385. The van der Waals surface area contributed by atoms with E-state index in [4.69, 9.17) is 0 Å². The molecule has 3 N–H and O–H groups in total. The minimum Gasteiger partial charge on any atom is -0.351 e. The molecule has 3 aromatic heterocycles. The average Bonchev–Trinajstić information content (AvgIpc) is 3.40. The molecule has 0 aliphatic carbocycles. The molecular formula is C13H17N7. The van der Waals surface area contributed by atoms with E-state index >= 15 is 0 Å². The zero-order chi connectivity index (χ0) is 14.1. The molecule has 0 spiro atoms. The van der Waals surface area contributed by atoms with Gasteiger partial charge in [0.25, 0.3) is 0 Å². The molecule has 0 atom stereocenters. The number of aromatic amines is 3. The zero-order valence-corrected chi connectivity index (χ0v) is 10.9. The van der Waals surface area contributed by atoms with E-state index in [0.717, 1.165) is 6.54 Å². The van der Waals surface area contributed by atoms with E-state index in [2.05, 4.69) is 35.4 Å². The molecule has 1 aliphatic heterocycles. The van der Waals surface area contributed by atoms with Crippen molar-refractivity contribution in [3.8, 4) is 0 Å². The van der Waals surface area contributed by atoms with Crippen LogP contribution in [0, 0.1) is 0 Å². The second-order valence-corrected chi connectivity index (χ2v) is 3.24. The van der Waals surface area contributed by atoms with E-state index in [0.29, 0.717) is 0 Å². The average molecular weight is 271 g/mol. The monoisotopic (exact) mass is 271 g/mol. The summed E-state index contributed by atoms with van der Waals surface area (Å²) in [5.41, 5.74) is 0. The van der Waals surface area contributed by atoms with E-state index in [1.807, 2.05) is 24.3 Å². The summed E-state index contributed by atoms with van der Waals surface area (Å²) in [5.74, 6) is 0. The van der Waals surface area contributed by atoms with Gasteiger partial charge in [0, 0.05) is 43.4 Å². The predicted octanol–water partition coefficient (Wildman–Crippen LogP) is 1.86. The Labute approximate surface area is 116 Å².